The lowest BCUT2D eigenvalue weighted by Crippen LogP contribution is -2.30. The highest BCUT2D eigenvalue weighted by Crippen LogP contribution is 2.48. The van der Waals surface area contributed by atoms with Crippen molar-refractivity contribution in [3.63, 3.8) is 0 Å². The number of amides is 1. The van der Waals surface area contributed by atoms with Crippen LogP contribution in [-0.2, 0) is 14.9 Å². The summed E-state index contributed by atoms with van der Waals surface area (Å²) in [4.78, 5) is 24.0. The van der Waals surface area contributed by atoms with Crippen molar-refractivity contribution >= 4 is 17.7 Å². The lowest BCUT2D eigenvalue weighted by Gasteiger charge is -2.26. The number of nitrogens with zero attached hydrogens (tertiary/aromatic N) is 1. The molecule has 0 bridgehead atoms. The van der Waals surface area contributed by atoms with E-state index in [1.807, 2.05) is 76.2 Å². The number of aromatic nitrogens is 1. The number of carboxylic acid groups (broad SMARTS) is 1. The third-order valence-electron chi connectivity index (χ3n) is 6.67. The van der Waals surface area contributed by atoms with Gasteiger partial charge in [-0.2, -0.15) is 0 Å². The predicted octanol–water partition coefficient (Wildman–Crippen LogP) is 6.42. The number of carbonyl (C=O) groups is 2. The van der Waals surface area contributed by atoms with Crippen molar-refractivity contribution in [2.24, 2.45) is 5.41 Å². The predicted molar refractivity (Wildman–Crippen MR) is 130 cm³/mol. The van der Waals surface area contributed by atoms with Gasteiger partial charge in [0.1, 0.15) is 17.5 Å². The van der Waals surface area contributed by atoms with Crippen molar-refractivity contribution in [2.75, 3.05) is 5.32 Å². The second-order valence-electron chi connectivity index (χ2n) is 10.1. The number of carboxylic acids is 1. The third kappa shape index (κ3) is 4.55. The maximum Gasteiger partial charge on any atom is 0.412 e. The molecule has 178 valence electrons. The molecule has 1 aliphatic carbocycles. The number of carbonyl (C=O) groups excluding carboxylic acids is 1. The fraction of sp³-hybridized carbons (Fsp3) is 0.370. The summed E-state index contributed by atoms with van der Waals surface area (Å²) in [6.45, 7) is 9.64. The van der Waals surface area contributed by atoms with E-state index in [0.717, 1.165) is 22.3 Å². The van der Waals surface area contributed by atoms with Crippen LogP contribution < -0.4 is 5.32 Å². The Kier molecular flexibility index (Phi) is 5.98. The van der Waals surface area contributed by atoms with E-state index in [1.165, 1.54) is 0 Å². The second kappa shape index (κ2) is 8.63. The molecule has 4 rings (SSSR count). The van der Waals surface area contributed by atoms with E-state index in [2.05, 4.69) is 10.5 Å². The minimum Gasteiger partial charge on any atom is -0.481 e. The molecule has 7 heteroatoms. The quantitative estimate of drug-likeness (QED) is 0.438. The standard InChI is InChI=1S/C27H30N2O5/c1-16-22(28-25(32)33-17(2)26(3,4)5)23(34-29-16)20-8-6-18(7-9-20)19-10-12-21(13-11-19)27(14-15-27)24(30)31/h6-13,17H,14-15H2,1-5H3,(H,28,32)(H,30,31). The number of hydrogen-bond donors (Lipinski definition) is 2. The van der Waals surface area contributed by atoms with Gasteiger partial charge < -0.3 is 14.4 Å². The van der Waals surface area contributed by atoms with E-state index in [-0.39, 0.29) is 11.5 Å². The Morgan fingerprint density at radius 3 is 2.06 bits per heavy atom. The van der Waals surface area contributed by atoms with E-state index in [4.69, 9.17) is 9.26 Å². The average molecular weight is 463 g/mol. The highest BCUT2D eigenvalue weighted by atomic mass is 16.6. The number of ether oxygens (including phenoxy) is 1. The van der Waals surface area contributed by atoms with Gasteiger partial charge in [0.15, 0.2) is 5.76 Å². The summed E-state index contributed by atoms with van der Waals surface area (Å²) in [5.74, 6) is -0.301. The zero-order valence-corrected chi connectivity index (χ0v) is 20.1. The lowest BCUT2D eigenvalue weighted by molar-refractivity contribution is -0.140. The minimum absolute atomic E-state index is 0.176. The van der Waals surface area contributed by atoms with Crippen LogP contribution >= 0.6 is 0 Å². The molecule has 2 aromatic carbocycles. The highest BCUT2D eigenvalue weighted by molar-refractivity contribution is 5.91. The van der Waals surface area contributed by atoms with Gasteiger partial charge in [-0.1, -0.05) is 74.5 Å². The van der Waals surface area contributed by atoms with E-state index in [1.54, 1.807) is 6.92 Å². The minimum atomic E-state index is -0.756. The molecular weight excluding hydrogens is 432 g/mol. The summed E-state index contributed by atoms with van der Waals surface area (Å²) in [6.07, 6.45) is 0.548. The first-order chi connectivity index (χ1) is 16.0. The summed E-state index contributed by atoms with van der Waals surface area (Å²) in [5.41, 5.74) is 3.74. The topological polar surface area (TPSA) is 102 Å². The molecule has 3 aromatic rings. The monoisotopic (exact) mass is 462 g/mol. The Balaban J connectivity index is 1.51. The van der Waals surface area contributed by atoms with Gasteiger partial charge in [0.2, 0.25) is 0 Å². The first-order valence-electron chi connectivity index (χ1n) is 11.4. The van der Waals surface area contributed by atoms with Crippen LogP contribution in [0.5, 0.6) is 0 Å². The Hall–Kier alpha value is -3.61. The number of aliphatic carboxylic acids is 1. The van der Waals surface area contributed by atoms with Crippen molar-refractivity contribution < 1.29 is 24.0 Å². The molecule has 1 amide bonds. The number of hydrogen-bond acceptors (Lipinski definition) is 5. The van der Waals surface area contributed by atoms with Crippen LogP contribution in [0.4, 0.5) is 10.5 Å². The molecule has 1 atom stereocenters. The number of anilines is 1. The van der Waals surface area contributed by atoms with Crippen LogP contribution in [0.2, 0.25) is 0 Å². The van der Waals surface area contributed by atoms with Crippen LogP contribution in [0.15, 0.2) is 53.1 Å². The molecule has 1 unspecified atom stereocenters. The Morgan fingerprint density at radius 1 is 1.03 bits per heavy atom. The zero-order chi connectivity index (χ0) is 24.7. The van der Waals surface area contributed by atoms with E-state index in [9.17, 15) is 14.7 Å². The van der Waals surface area contributed by atoms with Crippen LogP contribution in [-0.4, -0.2) is 28.4 Å². The molecular formula is C27H30N2O5. The van der Waals surface area contributed by atoms with Crippen LogP contribution in [0.25, 0.3) is 22.5 Å². The molecule has 0 spiro atoms. The van der Waals surface area contributed by atoms with Crippen LogP contribution in [0, 0.1) is 12.3 Å². The number of rotatable bonds is 6. The third-order valence-corrected chi connectivity index (χ3v) is 6.67. The molecule has 0 aliphatic heterocycles. The van der Waals surface area contributed by atoms with Crippen molar-refractivity contribution in [1.82, 2.24) is 5.16 Å². The molecule has 0 radical (unpaired) electrons. The molecule has 34 heavy (non-hydrogen) atoms. The molecule has 1 saturated carbocycles. The number of nitrogens with one attached hydrogen (secondary N) is 1. The lowest BCUT2D eigenvalue weighted by atomic mass is 9.90. The fourth-order valence-corrected chi connectivity index (χ4v) is 3.73. The van der Waals surface area contributed by atoms with Gasteiger partial charge in [-0.3, -0.25) is 10.1 Å². The summed E-state index contributed by atoms with van der Waals surface area (Å²) < 4.78 is 11.0. The van der Waals surface area contributed by atoms with Gasteiger partial charge in [0.05, 0.1) is 5.41 Å². The maximum atomic E-state index is 12.4. The van der Waals surface area contributed by atoms with E-state index in [0.29, 0.717) is 30.0 Å². The number of benzene rings is 2. The van der Waals surface area contributed by atoms with Gasteiger partial charge >= 0.3 is 12.1 Å². The molecule has 2 N–H and O–H groups in total. The van der Waals surface area contributed by atoms with Crippen molar-refractivity contribution in [3.8, 4) is 22.5 Å². The van der Waals surface area contributed by atoms with Crippen molar-refractivity contribution in [1.29, 1.82) is 0 Å². The normalized spacial score (nSPS) is 15.4. The van der Waals surface area contributed by atoms with Gasteiger partial charge in [-0.05, 0) is 48.8 Å². The van der Waals surface area contributed by atoms with E-state index >= 15 is 0 Å². The molecule has 1 aliphatic rings. The van der Waals surface area contributed by atoms with Gasteiger partial charge in [0.25, 0.3) is 0 Å². The second-order valence-corrected chi connectivity index (χ2v) is 10.1. The zero-order valence-electron chi connectivity index (χ0n) is 20.1. The average Bonchev–Trinajstić information content (AvgIpc) is 3.53. The Labute approximate surface area is 199 Å². The summed E-state index contributed by atoms with van der Waals surface area (Å²) in [7, 11) is 0. The summed E-state index contributed by atoms with van der Waals surface area (Å²) >= 11 is 0. The first-order valence-corrected chi connectivity index (χ1v) is 11.4. The largest absolute Gasteiger partial charge is 0.481 e. The molecule has 1 heterocycles. The molecule has 1 fully saturated rings. The fourth-order valence-electron chi connectivity index (χ4n) is 3.73. The summed E-state index contributed by atoms with van der Waals surface area (Å²) in [5, 5.41) is 16.3. The highest BCUT2D eigenvalue weighted by Gasteiger charge is 2.51. The Bertz CT molecular complexity index is 1200. The van der Waals surface area contributed by atoms with E-state index < -0.39 is 17.5 Å². The number of aryl methyl sites for hydroxylation is 1. The van der Waals surface area contributed by atoms with Crippen molar-refractivity contribution in [3.05, 3.63) is 59.8 Å². The summed E-state index contributed by atoms with van der Waals surface area (Å²) in [6, 6.07) is 15.4. The first kappa shape index (κ1) is 23.5. The Morgan fingerprint density at radius 2 is 1.56 bits per heavy atom. The molecule has 1 aromatic heterocycles. The van der Waals surface area contributed by atoms with Gasteiger partial charge in [0, 0.05) is 5.56 Å². The van der Waals surface area contributed by atoms with Crippen molar-refractivity contribution in [2.45, 2.75) is 59.0 Å². The van der Waals surface area contributed by atoms with Gasteiger partial charge in [-0.15, -0.1) is 0 Å². The molecule has 7 nitrogen and oxygen atoms in total. The SMILES string of the molecule is Cc1noc(-c2ccc(-c3ccc(C4(C(=O)O)CC4)cc3)cc2)c1NC(=O)OC(C)C(C)(C)C. The van der Waals surface area contributed by atoms with Crippen LogP contribution in [0.1, 0.15) is 51.8 Å². The van der Waals surface area contributed by atoms with Gasteiger partial charge in [-0.25, -0.2) is 4.79 Å². The molecule has 0 saturated heterocycles. The van der Waals surface area contributed by atoms with Crippen LogP contribution in [0.3, 0.4) is 0 Å². The maximum absolute atomic E-state index is 12.4. The smallest absolute Gasteiger partial charge is 0.412 e.